The quantitative estimate of drug-likeness (QED) is 0.664. The molecule has 0 saturated heterocycles. The SMILES string of the molecule is Cc1c(OCc2cnc(N)cn2)cccc1[N+](=O)[O-]. The fraction of sp³-hybridized carbons (Fsp3) is 0.167. The van der Waals surface area contributed by atoms with Crippen LogP contribution in [0.4, 0.5) is 11.5 Å². The lowest BCUT2D eigenvalue weighted by Gasteiger charge is -2.08. The second kappa shape index (κ2) is 5.30. The maximum atomic E-state index is 10.8. The van der Waals surface area contributed by atoms with Crippen LogP contribution in [0.5, 0.6) is 5.75 Å². The van der Waals surface area contributed by atoms with E-state index < -0.39 is 4.92 Å². The van der Waals surface area contributed by atoms with Gasteiger partial charge in [0.2, 0.25) is 0 Å². The summed E-state index contributed by atoms with van der Waals surface area (Å²) in [6, 6.07) is 4.69. The van der Waals surface area contributed by atoms with Crippen molar-refractivity contribution in [1.82, 2.24) is 9.97 Å². The minimum atomic E-state index is -0.439. The third-order valence-electron chi connectivity index (χ3n) is 2.55. The number of hydrogen-bond acceptors (Lipinski definition) is 6. The molecule has 0 fully saturated rings. The van der Waals surface area contributed by atoms with E-state index in [2.05, 4.69) is 9.97 Å². The maximum Gasteiger partial charge on any atom is 0.276 e. The third-order valence-corrected chi connectivity index (χ3v) is 2.55. The minimum Gasteiger partial charge on any atom is -0.487 e. The largest absolute Gasteiger partial charge is 0.487 e. The van der Waals surface area contributed by atoms with E-state index in [1.54, 1.807) is 19.1 Å². The molecule has 19 heavy (non-hydrogen) atoms. The van der Waals surface area contributed by atoms with E-state index in [9.17, 15) is 10.1 Å². The molecule has 1 heterocycles. The van der Waals surface area contributed by atoms with Gasteiger partial charge in [-0.3, -0.25) is 15.1 Å². The molecule has 7 nitrogen and oxygen atoms in total. The van der Waals surface area contributed by atoms with E-state index >= 15 is 0 Å². The lowest BCUT2D eigenvalue weighted by Crippen LogP contribution is -2.02. The molecular weight excluding hydrogens is 248 g/mol. The number of nitrogens with two attached hydrogens (primary N) is 1. The number of aromatic nitrogens is 2. The minimum absolute atomic E-state index is 0.0286. The van der Waals surface area contributed by atoms with Gasteiger partial charge < -0.3 is 10.5 Å². The van der Waals surface area contributed by atoms with Crippen molar-refractivity contribution in [3.05, 3.63) is 52.0 Å². The Morgan fingerprint density at radius 2 is 2.16 bits per heavy atom. The van der Waals surface area contributed by atoms with E-state index in [0.29, 0.717) is 22.8 Å². The average Bonchev–Trinajstić information content (AvgIpc) is 2.39. The van der Waals surface area contributed by atoms with Crippen molar-refractivity contribution >= 4 is 11.5 Å². The Balaban J connectivity index is 2.13. The summed E-state index contributed by atoms with van der Waals surface area (Å²) < 4.78 is 5.51. The van der Waals surface area contributed by atoms with Crippen molar-refractivity contribution in [2.75, 3.05) is 5.73 Å². The Kier molecular flexibility index (Phi) is 3.56. The molecule has 2 aromatic rings. The Labute approximate surface area is 109 Å². The first-order valence-electron chi connectivity index (χ1n) is 5.51. The summed E-state index contributed by atoms with van der Waals surface area (Å²) in [6.45, 7) is 1.82. The Morgan fingerprint density at radius 3 is 2.79 bits per heavy atom. The van der Waals surface area contributed by atoms with Crippen LogP contribution in [-0.4, -0.2) is 14.9 Å². The molecule has 0 amide bonds. The number of anilines is 1. The number of benzene rings is 1. The molecule has 2 N–H and O–H groups in total. The van der Waals surface area contributed by atoms with Crippen LogP contribution in [0.3, 0.4) is 0 Å². The van der Waals surface area contributed by atoms with E-state index in [1.807, 2.05) is 0 Å². The molecule has 7 heteroatoms. The highest BCUT2D eigenvalue weighted by Crippen LogP contribution is 2.27. The summed E-state index contributed by atoms with van der Waals surface area (Å²) in [7, 11) is 0. The van der Waals surface area contributed by atoms with Crippen molar-refractivity contribution in [2.45, 2.75) is 13.5 Å². The number of nitrogens with zero attached hydrogens (tertiary/aromatic N) is 3. The summed E-state index contributed by atoms with van der Waals surface area (Å²) in [4.78, 5) is 18.3. The van der Waals surface area contributed by atoms with Gasteiger partial charge in [0.1, 0.15) is 18.2 Å². The molecule has 0 aliphatic heterocycles. The van der Waals surface area contributed by atoms with Gasteiger partial charge in [-0.2, -0.15) is 0 Å². The second-order valence-electron chi connectivity index (χ2n) is 3.88. The molecule has 0 radical (unpaired) electrons. The molecule has 0 aliphatic carbocycles. The lowest BCUT2D eigenvalue weighted by atomic mass is 10.2. The maximum absolute atomic E-state index is 10.8. The smallest absolute Gasteiger partial charge is 0.276 e. The normalized spacial score (nSPS) is 10.2. The monoisotopic (exact) mass is 260 g/mol. The van der Waals surface area contributed by atoms with Crippen LogP contribution in [0.2, 0.25) is 0 Å². The summed E-state index contributed by atoms with van der Waals surface area (Å²) >= 11 is 0. The number of rotatable bonds is 4. The highest BCUT2D eigenvalue weighted by atomic mass is 16.6. The fourth-order valence-corrected chi connectivity index (χ4v) is 1.55. The Bertz CT molecular complexity index is 598. The third kappa shape index (κ3) is 2.95. The highest BCUT2D eigenvalue weighted by molar-refractivity contribution is 5.48. The summed E-state index contributed by atoms with van der Waals surface area (Å²) in [5.41, 5.74) is 6.53. The van der Waals surface area contributed by atoms with Crippen LogP contribution >= 0.6 is 0 Å². The molecule has 1 aromatic heterocycles. The van der Waals surface area contributed by atoms with Crippen molar-refractivity contribution in [3.8, 4) is 5.75 Å². The van der Waals surface area contributed by atoms with Gasteiger partial charge in [-0.05, 0) is 13.0 Å². The number of nitrogen functional groups attached to an aromatic ring is 1. The lowest BCUT2D eigenvalue weighted by molar-refractivity contribution is -0.385. The molecule has 1 aromatic carbocycles. The summed E-state index contributed by atoms with van der Waals surface area (Å²) in [5.74, 6) is 0.781. The van der Waals surface area contributed by atoms with Gasteiger partial charge in [0.05, 0.1) is 28.6 Å². The summed E-state index contributed by atoms with van der Waals surface area (Å²) in [5, 5.41) is 10.8. The van der Waals surface area contributed by atoms with Gasteiger partial charge in [-0.1, -0.05) is 6.07 Å². The van der Waals surface area contributed by atoms with Crippen molar-refractivity contribution in [2.24, 2.45) is 0 Å². The molecule has 0 saturated carbocycles. The zero-order valence-electron chi connectivity index (χ0n) is 10.2. The van der Waals surface area contributed by atoms with E-state index in [0.717, 1.165) is 0 Å². The van der Waals surface area contributed by atoms with E-state index in [4.69, 9.17) is 10.5 Å². The Morgan fingerprint density at radius 1 is 1.37 bits per heavy atom. The van der Waals surface area contributed by atoms with Crippen LogP contribution in [-0.2, 0) is 6.61 Å². The number of hydrogen-bond donors (Lipinski definition) is 1. The van der Waals surface area contributed by atoms with Crippen molar-refractivity contribution < 1.29 is 9.66 Å². The second-order valence-corrected chi connectivity index (χ2v) is 3.88. The van der Waals surface area contributed by atoms with Gasteiger partial charge in [-0.25, -0.2) is 4.98 Å². The molecule has 0 atom stereocenters. The van der Waals surface area contributed by atoms with Crippen molar-refractivity contribution in [3.63, 3.8) is 0 Å². The van der Waals surface area contributed by atoms with Crippen molar-refractivity contribution in [1.29, 1.82) is 0 Å². The fourth-order valence-electron chi connectivity index (χ4n) is 1.55. The van der Waals surface area contributed by atoms with Gasteiger partial charge >= 0.3 is 0 Å². The molecular formula is C12H12N4O3. The first-order valence-corrected chi connectivity index (χ1v) is 5.51. The number of nitro benzene ring substituents is 1. The van der Waals surface area contributed by atoms with Crippen LogP contribution in [0.1, 0.15) is 11.3 Å². The molecule has 98 valence electrons. The molecule has 2 rings (SSSR count). The van der Waals surface area contributed by atoms with Gasteiger partial charge in [0.25, 0.3) is 5.69 Å². The van der Waals surface area contributed by atoms with Crippen LogP contribution < -0.4 is 10.5 Å². The summed E-state index contributed by atoms with van der Waals surface area (Å²) in [6.07, 6.45) is 2.93. The molecule has 0 bridgehead atoms. The number of ether oxygens (including phenoxy) is 1. The average molecular weight is 260 g/mol. The topological polar surface area (TPSA) is 104 Å². The van der Waals surface area contributed by atoms with Gasteiger partial charge in [0, 0.05) is 6.07 Å². The first kappa shape index (κ1) is 12.7. The van der Waals surface area contributed by atoms with Gasteiger partial charge in [-0.15, -0.1) is 0 Å². The molecule has 0 aliphatic rings. The highest BCUT2D eigenvalue weighted by Gasteiger charge is 2.14. The molecule has 0 unspecified atom stereocenters. The predicted molar refractivity (Wildman–Crippen MR) is 68.6 cm³/mol. The standard InChI is InChI=1S/C12H12N4O3/c1-8-10(16(17)18)3-2-4-11(8)19-7-9-5-15-12(13)6-14-9/h2-6H,7H2,1H3,(H2,13,15). The molecule has 0 spiro atoms. The zero-order valence-corrected chi connectivity index (χ0v) is 10.2. The zero-order chi connectivity index (χ0) is 13.8. The van der Waals surface area contributed by atoms with Gasteiger partial charge in [0.15, 0.2) is 0 Å². The van der Waals surface area contributed by atoms with E-state index in [1.165, 1.54) is 18.5 Å². The first-order chi connectivity index (χ1) is 9.08. The van der Waals surface area contributed by atoms with Crippen LogP contribution in [0.25, 0.3) is 0 Å². The van der Waals surface area contributed by atoms with Crippen LogP contribution in [0.15, 0.2) is 30.6 Å². The predicted octanol–water partition coefficient (Wildman–Crippen LogP) is 1.85. The van der Waals surface area contributed by atoms with E-state index in [-0.39, 0.29) is 12.3 Å². The van der Waals surface area contributed by atoms with Crippen LogP contribution in [0, 0.1) is 17.0 Å². The number of nitro groups is 1. The Hall–Kier alpha value is -2.70.